The number of nitrogens with one attached hydrogen (secondary N) is 1. The lowest BCUT2D eigenvalue weighted by Gasteiger charge is -2.45. The summed E-state index contributed by atoms with van der Waals surface area (Å²) in [6, 6.07) is 0.553. The molecule has 202 valence electrons. The summed E-state index contributed by atoms with van der Waals surface area (Å²) in [5.41, 5.74) is 7.99. The topological polar surface area (TPSA) is 100 Å². The number of rotatable bonds is 4. The Balaban J connectivity index is 1.40. The number of hydrogen-bond acceptors (Lipinski definition) is 6. The number of halogens is 2. The summed E-state index contributed by atoms with van der Waals surface area (Å²) >= 11 is 6.73. The fourth-order valence-electron chi connectivity index (χ4n) is 6.79. The number of nitrogens with zero attached hydrogens (tertiary/aromatic N) is 3. The van der Waals surface area contributed by atoms with E-state index in [9.17, 15) is 9.59 Å². The predicted molar refractivity (Wildman–Crippen MR) is 141 cm³/mol. The van der Waals surface area contributed by atoms with Crippen LogP contribution in [0.1, 0.15) is 38.5 Å². The molecule has 2 saturated carbocycles. The number of carbonyl (C=O) groups is 2. The highest BCUT2D eigenvalue weighted by Gasteiger charge is 2.45. The standard InChI is InChI=1S/C27H37ClFN5O3/c1-33-23(4-2-3-5-24(33)35)25(27(30)36)18-13-19(21(29)14-20(18)28)26-17-7-6-16(12-22(17)31-15-32-26)34-8-10-37-11-9-34/h2-4,15-18,20-22,25H,5-14H2,1H3,(H2,30,36)(H,31,32)/b26-19-. The lowest BCUT2D eigenvalue weighted by atomic mass is 9.71. The van der Waals surface area contributed by atoms with Gasteiger partial charge in [0.15, 0.2) is 0 Å². The molecule has 5 rings (SSSR count). The molecule has 37 heavy (non-hydrogen) atoms. The van der Waals surface area contributed by atoms with E-state index in [1.807, 2.05) is 0 Å². The molecule has 3 aliphatic heterocycles. The van der Waals surface area contributed by atoms with Gasteiger partial charge in [0.1, 0.15) is 6.17 Å². The maximum Gasteiger partial charge on any atom is 0.230 e. The summed E-state index contributed by atoms with van der Waals surface area (Å²) in [6.45, 7) is 3.42. The normalized spacial score (nSPS) is 37.9. The number of amides is 2. The number of primary amides is 1. The first-order valence-electron chi connectivity index (χ1n) is 13.4. The molecule has 3 fully saturated rings. The average Bonchev–Trinajstić information content (AvgIpc) is 3.06. The molecule has 2 amide bonds. The van der Waals surface area contributed by atoms with Gasteiger partial charge >= 0.3 is 0 Å². The zero-order chi connectivity index (χ0) is 26.1. The Kier molecular flexibility index (Phi) is 8.02. The summed E-state index contributed by atoms with van der Waals surface area (Å²) in [7, 11) is 1.65. The minimum absolute atomic E-state index is 0.0927. The Morgan fingerprint density at radius 1 is 1.30 bits per heavy atom. The van der Waals surface area contributed by atoms with Crippen LogP contribution in [0.4, 0.5) is 4.39 Å². The second-order valence-electron chi connectivity index (χ2n) is 10.8. The molecule has 1 saturated heterocycles. The number of allylic oxidation sites excluding steroid dienone is 3. The number of ether oxygens (including phenoxy) is 1. The van der Waals surface area contributed by atoms with Crippen molar-refractivity contribution < 1.29 is 18.7 Å². The molecule has 2 aliphatic carbocycles. The SMILES string of the molecule is CN1C(=O)CC=CC=C1C(C(N)=O)C1C/C(=C2/NC=NC3CC(N4CCOCC4)CCC23)C(F)CC1Cl. The van der Waals surface area contributed by atoms with Crippen LogP contribution in [0.2, 0.25) is 0 Å². The smallest absolute Gasteiger partial charge is 0.230 e. The van der Waals surface area contributed by atoms with Crippen molar-refractivity contribution in [2.45, 2.75) is 62.2 Å². The maximum absolute atomic E-state index is 15.6. The van der Waals surface area contributed by atoms with E-state index in [-0.39, 0.29) is 30.7 Å². The molecule has 7 atom stereocenters. The number of nitrogens with two attached hydrogens (primary N) is 1. The Labute approximate surface area is 222 Å². The Morgan fingerprint density at radius 2 is 2.08 bits per heavy atom. The third-order valence-electron chi connectivity index (χ3n) is 8.79. The van der Waals surface area contributed by atoms with Crippen molar-refractivity contribution >= 4 is 29.8 Å². The van der Waals surface area contributed by atoms with Crippen LogP contribution < -0.4 is 11.1 Å². The molecule has 0 aromatic carbocycles. The Morgan fingerprint density at radius 3 is 2.84 bits per heavy atom. The summed E-state index contributed by atoms with van der Waals surface area (Å²) in [5.74, 6) is -1.79. The van der Waals surface area contributed by atoms with Crippen molar-refractivity contribution in [2.24, 2.45) is 28.5 Å². The molecule has 3 N–H and O–H groups in total. The largest absolute Gasteiger partial charge is 0.379 e. The van der Waals surface area contributed by atoms with E-state index in [2.05, 4.69) is 10.2 Å². The van der Waals surface area contributed by atoms with Gasteiger partial charge in [0.25, 0.3) is 0 Å². The second kappa shape index (κ2) is 11.3. The summed E-state index contributed by atoms with van der Waals surface area (Å²) in [5, 5.41) is 2.70. The second-order valence-corrected chi connectivity index (χ2v) is 11.4. The van der Waals surface area contributed by atoms with Gasteiger partial charge < -0.3 is 20.7 Å². The van der Waals surface area contributed by atoms with Gasteiger partial charge in [-0.25, -0.2) is 4.39 Å². The molecule has 0 aromatic heterocycles. The van der Waals surface area contributed by atoms with Crippen LogP contribution in [0.3, 0.4) is 0 Å². The molecule has 0 aromatic rings. The molecule has 0 spiro atoms. The van der Waals surface area contributed by atoms with Crippen LogP contribution in [-0.2, 0) is 14.3 Å². The zero-order valence-electron chi connectivity index (χ0n) is 21.3. The van der Waals surface area contributed by atoms with Gasteiger partial charge in [-0.2, -0.15) is 0 Å². The van der Waals surface area contributed by atoms with Gasteiger partial charge in [-0.3, -0.25) is 19.5 Å². The quantitative estimate of drug-likeness (QED) is 0.541. The predicted octanol–water partition coefficient (Wildman–Crippen LogP) is 2.50. The van der Waals surface area contributed by atoms with E-state index < -0.39 is 29.3 Å². The highest BCUT2D eigenvalue weighted by Crippen LogP contribution is 2.45. The minimum atomic E-state index is -1.21. The molecular formula is C27H37ClFN5O3. The van der Waals surface area contributed by atoms with Crippen molar-refractivity contribution in [3.63, 3.8) is 0 Å². The summed E-state index contributed by atoms with van der Waals surface area (Å²) in [6.07, 6.45) is 9.32. The molecule has 10 heteroatoms. The first kappa shape index (κ1) is 26.4. The Hall–Kier alpha value is -2.23. The van der Waals surface area contributed by atoms with Crippen molar-refractivity contribution in [1.29, 1.82) is 0 Å². The summed E-state index contributed by atoms with van der Waals surface area (Å²) in [4.78, 5) is 34.1. The van der Waals surface area contributed by atoms with Crippen molar-refractivity contribution in [2.75, 3.05) is 33.4 Å². The Bertz CT molecular complexity index is 1020. The van der Waals surface area contributed by atoms with E-state index in [0.717, 1.165) is 51.3 Å². The molecule has 8 nitrogen and oxygen atoms in total. The fourth-order valence-corrected chi connectivity index (χ4v) is 7.18. The summed E-state index contributed by atoms with van der Waals surface area (Å²) < 4.78 is 21.2. The third-order valence-corrected chi connectivity index (χ3v) is 9.30. The van der Waals surface area contributed by atoms with Gasteiger partial charge in [0.2, 0.25) is 11.8 Å². The first-order valence-corrected chi connectivity index (χ1v) is 13.8. The number of hydrogen-bond donors (Lipinski definition) is 2. The highest BCUT2D eigenvalue weighted by molar-refractivity contribution is 6.21. The van der Waals surface area contributed by atoms with Crippen LogP contribution in [-0.4, -0.2) is 84.9 Å². The van der Waals surface area contributed by atoms with Crippen molar-refractivity contribution in [3.05, 3.63) is 35.2 Å². The van der Waals surface area contributed by atoms with Gasteiger partial charge in [-0.05, 0) is 49.7 Å². The van der Waals surface area contributed by atoms with E-state index >= 15 is 4.39 Å². The molecule has 7 unspecified atom stereocenters. The van der Waals surface area contributed by atoms with E-state index in [1.54, 1.807) is 31.6 Å². The number of alkyl halides is 2. The molecular weight excluding hydrogens is 497 g/mol. The monoisotopic (exact) mass is 533 g/mol. The van der Waals surface area contributed by atoms with Crippen molar-refractivity contribution in [1.82, 2.24) is 15.1 Å². The third kappa shape index (κ3) is 5.36. The lowest BCUT2D eigenvalue weighted by molar-refractivity contribution is -0.129. The first-order chi connectivity index (χ1) is 17.8. The van der Waals surface area contributed by atoms with E-state index in [4.69, 9.17) is 27.1 Å². The average molecular weight is 534 g/mol. The molecule has 0 radical (unpaired) electrons. The number of morpholine rings is 1. The van der Waals surface area contributed by atoms with Crippen LogP contribution in [0.15, 0.2) is 40.2 Å². The highest BCUT2D eigenvalue weighted by atomic mass is 35.5. The number of carbonyl (C=O) groups excluding carboxylic acids is 2. The maximum atomic E-state index is 15.6. The van der Waals surface area contributed by atoms with Gasteiger partial charge in [-0.1, -0.05) is 12.2 Å². The van der Waals surface area contributed by atoms with Gasteiger partial charge in [0.05, 0.1) is 31.5 Å². The number of aliphatic imine (C=N–C) groups is 1. The molecule has 0 bridgehead atoms. The van der Waals surface area contributed by atoms with Crippen LogP contribution in [0, 0.1) is 17.8 Å². The van der Waals surface area contributed by atoms with Crippen LogP contribution in [0.5, 0.6) is 0 Å². The van der Waals surface area contributed by atoms with Crippen LogP contribution >= 0.6 is 11.6 Å². The van der Waals surface area contributed by atoms with Crippen molar-refractivity contribution in [3.8, 4) is 0 Å². The van der Waals surface area contributed by atoms with Gasteiger partial charge in [0, 0.05) is 55.3 Å². The molecule has 5 aliphatic rings. The number of fused-ring (bicyclic) bond motifs is 1. The molecule has 3 heterocycles. The van der Waals surface area contributed by atoms with Crippen LogP contribution in [0.25, 0.3) is 0 Å². The fraction of sp³-hybridized carbons (Fsp3) is 0.667. The van der Waals surface area contributed by atoms with Gasteiger partial charge in [-0.15, -0.1) is 11.6 Å². The lowest BCUT2D eigenvalue weighted by Crippen LogP contribution is -2.50. The minimum Gasteiger partial charge on any atom is -0.379 e. The van der Waals surface area contributed by atoms with E-state index in [1.165, 1.54) is 4.90 Å². The zero-order valence-corrected chi connectivity index (χ0v) is 22.1. The van der Waals surface area contributed by atoms with E-state index in [0.29, 0.717) is 23.7 Å².